The first-order valence-electron chi connectivity index (χ1n) is 10.5. The summed E-state index contributed by atoms with van der Waals surface area (Å²) in [4.78, 5) is 18.8. The molecule has 1 aromatic heterocycles. The largest absolute Gasteiger partial charge is 0.447 e. The lowest BCUT2D eigenvalue weighted by atomic mass is 10.1. The van der Waals surface area contributed by atoms with E-state index < -0.39 is 0 Å². The summed E-state index contributed by atoms with van der Waals surface area (Å²) in [5.74, 6) is -0.615. The van der Waals surface area contributed by atoms with E-state index >= 15 is 0 Å². The molecule has 0 aliphatic carbocycles. The zero-order valence-electron chi connectivity index (χ0n) is 17.9. The van der Waals surface area contributed by atoms with E-state index in [2.05, 4.69) is 15.2 Å². The number of nitrogens with one attached hydrogen (secondary N) is 1. The van der Waals surface area contributed by atoms with Gasteiger partial charge in [0.1, 0.15) is 17.9 Å². The molecular formula is C26H23F2N3O2. The molecule has 0 saturated carbocycles. The van der Waals surface area contributed by atoms with Gasteiger partial charge in [-0.3, -0.25) is 9.69 Å². The van der Waals surface area contributed by atoms with Crippen molar-refractivity contribution in [2.45, 2.75) is 26.2 Å². The molecule has 0 radical (unpaired) electrons. The fraction of sp³-hybridized carbons (Fsp3) is 0.154. The van der Waals surface area contributed by atoms with Gasteiger partial charge in [-0.2, -0.15) is 0 Å². The lowest BCUT2D eigenvalue weighted by Gasteiger charge is -2.21. The zero-order valence-corrected chi connectivity index (χ0v) is 17.9. The van der Waals surface area contributed by atoms with Crippen LogP contribution in [0.1, 0.15) is 33.1 Å². The zero-order chi connectivity index (χ0) is 23.0. The molecule has 4 rings (SSSR count). The maximum atomic E-state index is 13.7. The fourth-order valence-corrected chi connectivity index (χ4v) is 3.46. The van der Waals surface area contributed by atoms with E-state index in [1.807, 2.05) is 36.4 Å². The number of hydrogen-bond donors (Lipinski definition) is 1. The van der Waals surface area contributed by atoms with Gasteiger partial charge in [0.2, 0.25) is 5.89 Å². The van der Waals surface area contributed by atoms with Crippen LogP contribution in [0.3, 0.4) is 0 Å². The van der Waals surface area contributed by atoms with Gasteiger partial charge in [-0.25, -0.2) is 13.8 Å². The molecule has 0 aliphatic heterocycles. The van der Waals surface area contributed by atoms with Crippen LogP contribution in [0.4, 0.5) is 8.78 Å². The number of hydrogen-bond acceptors (Lipinski definition) is 4. The predicted molar refractivity (Wildman–Crippen MR) is 120 cm³/mol. The number of carbonyl (C=O) groups is 1. The molecule has 0 bridgehead atoms. The molecule has 1 N–H and O–H groups in total. The molecule has 0 fully saturated rings. The molecule has 33 heavy (non-hydrogen) atoms. The summed E-state index contributed by atoms with van der Waals surface area (Å²) in [6, 6.07) is 22.3. The first kappa shape index (κ1) is 22.4. The van der Waals surface area contributed by atoms with Gasteiger partial charge in [0, 0.05) is 19.6 Å². The Kier molecular flexibility index (Phi) is 7.22. The van der Waals surface area contributed by atoms with Crippen molar-refractivity contribution >= 4 is 5.91 Å². The number of halogens is 2. The van der Waals surface area contributed by atoms with E-state index in [9.17, 15) is 13.6 Å². The standard InChI is InChI=1S/C26H23F2N3O2/c27-22-11-9-19(10-12-22)14-29-26(32)24-18-33-25(30-24)17-31(15-20-5-2-1-3-6-20)16-21-7-4-8-23(28)13-21/h1-13,18H,14-17H2,(H,29,32). The van der Waals surface area contributed by atoms with E-state index in [1.54, 1.807) is 18.2 Å². The van der Waals surface area contributed by atoms with E-state index in [1.165, 1.54) is 30.5 Å². The summed E-state index contributed by atoms with van der Waals surface area (Å²) in [6.45, 7) is 1.69. The van der Waals surface area contributed by atoms with Crippen LogP contribution in [0, 0.1) is 11.6 Å². The predicted octanol–water partition coefficient (Wildman–Crippen LogP) is 5.09. The minimum Gasteiger partial charge on any atom is -0.447 e. The van der Waals surface area contributed by atoms with Crippen LogP contribution in [-0.2, 0) is 26.2 Å². The molecule has 3 aromatic carbocycles. The summed E-state index contributed by atoms with van der Waals surface area (Å²) < 4.78 is 32.2. The maximum absolute atomic E-state index is 13.7. The lowest BCUT2D eigenvalue weighted by molar-refractivity contribution is 0.0945. The van der Waals surface area contributed by atoms with Crippen molar-refractivity contribution < 1.29 is 18.0 Å². The van der Waals surface area contributed by atoms with Gasteiger partial charge >= 0.3 is 0 Å². The molecule has 0 spiro atoms. The highest BCUT2D eigenvalue weighted by Gasteiger charge is 2.16. The van der Waals surface area contributed by atoms with Gasteiger partial charge in [-0.15, -0.1) is 0 Å². The van der Waals surface area contributed by atoms with E-state index in [-0.39, 0.29) is 29.8 Å². The highest BCUT2D eigenvalue weighted by atomic mass is 19.1. The second-order valence-corrected chi connectivity index (χ2v) is 7.70. The smallest absolute Gasteiger partial charge is 0.273 e. The maximum Gasteiger partial charge on any atom is 0.273 e. The molecule has 0 unspecified atom stereocenters. The van der Waals surface area contributed by atoms with Crippen LogP contribution in [0.2, 0.25) is 0 Å². The first-order chi connectivity index (χ1) is 16.0. The Morgan fingerprint density at radius 1 is 0.818 bits per heavy atom. The molecule has 168 valence electrons. The summed E-state index contributed by atoms with van der Waals surface area (Å²) >= 11 is 0. The summed E-state index contributed by atoms with van der Waals surface area (Å²) in [6.07, 6.45) is 1.32. The van der Waals surface area contributed by atoms with Crippen LogP contribution in [0.15, 0.2) is 89.5 Å². The van der Waals surface area contributed by atoms with E-state index in [4.69, 9.17) is 4.42 Å². The Morgan fingerprint density at radius 2 is 1.55 bits per heavy atom. The minimum absolute atomic E-state index is 0.164. The third-order valence-corrected chi connectivity index (χ3v) is 5.05. The van der Waals surface area contributed by atoms with Crippen LogP contribution in [-0.4, -0.2) is 15.8 Å². The van der Waals surface area contributed by atoms with Gasteiger partial charge < -0.3 is 9.73 Å². The van der Waals surface area contributed by atoms with Crippen molar-refractivity contribution in [1.82, 2.24) is 15.2 Å². The Balaban J connectivity index is 1.42. The van der Waals surface area contributed by atoms with Crippen LogP contribution < -0.4 is 5.32 Å². The van der Waals surface area contributed by atoms with Gasteiger partial charge in [-0.05, 0) is 41.0 Å². The van der Waals surface area contributed by atoms with Gasteiger partial charge in [0.15, 0.2) is 5.69 Å². The van der Waals surface area contributed by atoms with Crippen molar-refractivity contribution in [1.29, 1.82) is 0 Å². The summed E-state index contributed by atoms with van der Waals surface area (Å²) in [5, 5.41) is 2.75. The number of oxazole rings is 1. The lowest BCUT2D eigenvalue weighted by Crippen LogP contribution is -2.24. The molecule has 5 nitrogen and oxygen atoms in total. The van der Waals surface area contributed by atoms with Crippen LogP contribution >= 0.6 is 0 Å². The third-order valence-electron chi connectivity index (χ3n) is 5.05. The van der Waals surface area contributed by atoms with Gasteiger partial charge in [0.05, 0.1) is 6.54 Å². The van der Waals surface area contributed by atoms with Crippen LogP contribution in [0.5, 0.6) is 0 Å². The second kappa shape index (κ2) is 10.7. The molecular weight excluding hydrogens is 424 g/mol. The number of benzene rings is 3. The molecule has 0 atom stereocenters. The monoisotopic (exact) mass is 447 g/mol. The van der Waals surface area contributed by atoms with Crippen molar-refractivity contribution in [2.75, 3.05) is 0 Å². The Hall–Kier alpha value is -3.84. The Labute approximate surface area is 190 Å². The third kappa shape index (κ3) is 6.57. The van der Waals surface area contributed by atoms with Crippen molar-refractivity contribution in [2.24, 2.45) is 0 Å². The molecule has 7 heteroatoms. The molecule has 4 aromatic rings. The highest BCUT2D eigenvalue weighted by Crippen LogP contribution is 2.15. The Bertz CT molecular complexity index is 1190. The molecule has 0 aliphatic rings. The fourth-order valence-electron chi connectivity index (χ4n) is 3.46. The number of carbonyl (C=O) groups excluding carboxylic acids is 1. The van der Waals surface area contributed by atoms with E-state index in [0.29, 0.717) is 25.5 Å². The van der Waals surface area contributed by atoms with Gasteiger partial charge in [-0.1, -0.05) is 54.6 Å². The van der Waals surface area contributed by atoms with Crippen molar-refractivity contribution in [3.8, 4) is 0 Å². The first-order valence-corrected chi connectivity index (χ1v) is 10.5. The quantitative estimate of drug-likeness (QED) is 0.389. The average molecular weight is 447 g/mol. The van der Waals surface area contributed by atoms with E-state index in [0.717, 1.165) is 16.7 Å². The minimum atomic E-state index is -0.380. The number of amides is 1. The number of nitrogens with zero attached hydrogens (tertiary/aromatic N) is 2. The topological polar surface area (TPSA) is 58.4 Å². The molecule has 1 amide bonds. The van der Waals surface area contributed by atoms with Crippen molar-refractivity contribution in [3.05, 3.63) is 125 Å². The SMILES string of the molecule is O=C(NCc1ccc(F)cc1)c1coc(CN(Cc2ccccc2)Cc2cccc(F)c2)n1. The summed E-state index contributed by atoms with van der Waals surface area (Å²) in [5.41, 5.74) is 2.86. The summed E-state index contributed by atoms with van der Waals surface area (Å²) in [7, 11) is 0. The molecule has 0 saturated heterocycles. The Morgan fingerprint density at radius 3 is 2.30 bits per heavy atom. The van der Waals surface area contributed by atoms with Gasteiger partial charge in [0.25, 0.3) is 5.91 Å². The van der Waals surface area contributed by atoms with Crippen molar-refractivity contribution in [3.63, 3.8) is 0 Å². The molecule has 1 heterocycles. The number of rotatable bonds is 9. The number of aromatic nitrogens is 1. The second-order valence-electron chi connectivity index (χ2n) is 7.70. The average Bonchev–Trinajstić information content (AvgIpc) is 3.28. The normalized spacial score (nSPS) is 11.0. The highest BCUT2D eigenvalue weighted by molar-refractivity contribution is 5.91. The van der Waals surface area contributed by atoms with Crippen LogP contribution in [0.25, 0.3) is 0 Å².